The quantitative estimate of drug-likeness (QED) is 0.750. The SMILES string of the molecule is CC(=O)c1cccc(OCC(=O)Nc2cc(S(N)(=O)=O)cc(C)c2C)c1. The standard InChI is InChI=1S/C18H20N2O5S/c1-11-7-16(26(19,23)24)9-17(12(11)2)20-18(22)10-25-15-6-4-5-14(8-15)13(3)21/h4-9H,10H2,1-3H3,(H,20,22)(H2,19,23,24). The van der Waals surface area contributed by atoms with Crippen molar-refractivity contribution in [3.8, 4) is 5.75 Å². The molecule has 0 aliphatic carbocycles. The number of carbonyl (C=O) groups is 2. The molecule has 2 aromatic rings. The second-order valence-electron chi connectivity index (χ2n) is 5.88. The first-order valence-corrected chi connectivity index (χ1v) is 9.30. The van der Waals surface area contributed by atoms with E-state index in [-0.39, 0.29) is 17.3 Å². The zero-order valence-electron chi connectivity index (χ0n) is 14.7. The van der Waals surface area contributed by atoms with E-state index < -0.39 is 15.9 Å². The van der Waals surface area contributed by atoms with Crippen LogP contribution in [0.15, 0.2) is 41.3 Å². The summed E-state index contributed by atoms with van der Waals surface area (Å²) in [5.41, 5.74) is 2.24. The molecule has 0 unspecified atom stereocenters. The number of aryl methyl sites for hydroxylation is 1. The Hall–Kier alpha value is -2.71. The van der Waals surface area contributed by atoms with Crippen LogP contribution >= 0.6 is 0 Å². The van der Waals surface area contributed by atoms with Crippen molar-refractivity contribution in [2.75, 3.05) is 11.9 Å². The van der Waals surface area contributed by atoms with Gasteiger partial charge in [0.2, 0.25) is 10.0 Å². The monoisotopic (exact) mass is 376 g/mol. The molecule has 0 atom stereocenters. The van der Waals surface area contributed by atoms with E-state index >= 15 is 0 Å². The number of rotatable bonds is 6. The maximum Gasteiger partial charge on any atom is 0.262 e. The minimum atomic E-state index is -3.88. The zero-order chi connectivity index (χ0) is 19.5. The maximum atomic E-state index is 12.1. The summed E-state index contributed by atoms with van der Waals surface area (Å²) in [6, 6.07) is 9.26. The minimum Gasteiger partial charge on any atom is -0.484 e. The maximum absolute atomic E-state index is 12.1. The number of amides is 1. The summed E-state index contributed by atoms with van der Waals surface area (Å²) in [5, 5.41) is 7.78. The van der Waals surface area contributed by atoms with Crippen LogP contribution in [0.4, 0.5) is 5.69 Å². The Morgan fingerprint density at radius 2 is 1.85 bits per heavy atom. The fourth-order valence-corrected chi connectivity index (χ4v) is 2.88. The van der Waals surface area contributed by atoms with Crippen molar-refractivity contribution in [3.05, 3.63) is 53.1 Å². The lowest BCUT2D eigenvalue weighted by molar-refractivity contribution is -0.118. The minimum absolute atomic E-state index is 0.0778. The molecule has 0 aliphatic rings. The fraction of sp³-hybridized carbons (Fsp3) is 0.222. The third kappa shape index (κ3) is 4.90. The summed E-state index contributed by atoms with van der Waals surface area (Å²) in [4.78, 5) is 23.4. The van der Waals surface area contributed by atoms with E-state index in [4.69, 9.17) is 9.88 Å². The van der Waals surface area contributed by atoms with Gasteiger partial charge in [-0.25, -0.2) is 13.6 Å². The number of hydrogen-bond acceptors (Lipinski definition) is 5. The molecule has 26 heavy (non-hydrogen) atoms. The lowest BCUT2D eigenvalue weighted by Gasteiger charge is -2.13. The van der Waals surface area contributed by atoms with Crippen LogP contribution in [0.1, 0.15) is 28.4 Å². The Morgan fingerprint density at radius 3 is 2.46 bits per heavy atom. The van der Waals surface area contributed by atoms with Gasteiger partial charge >= 0.3 is 0 Å². The first-order valence-electron chi connectivity index (χ1n) is 7.75. The third-order valence-electron chi connectivity index (χ3n) is 3.85. The summed E-state index contributed by atoms with van der Waals surface area (Å²) in [6.07, 6.45) is 0. The third-order valence-corrected chi connectivity index (χ3v) is 4.75. The number of Topliss-reactive ketones (excluding diaryl/α,β-unsaturated/α-hetero) is 1. The molecule has 138 valence electrons. The number of nitrogens with one attached hydrogen (secondary N) is 1. The molecule has 2 aromatic carbocycles. The molecular weight excluding hydrogens is 356 g/mol. The lowest BCUT2D eigenvalue weighted by atomic mass is 10.1. The summed E-state index contributed by atoms with van der Waals surface area (Å²) < 4.78 is 28.5. The van der Waals surface area contributed by atoms with Gasteiger partial charge in [-0.3, -0.25) is 9.59 Å². The highest BCUT2D eigenvalue weighted by atomic mass is 32.2. The normalized spacial score (nSPS) is 11.1. The highest BCUT2D eigenvalue weighted by molar-refractivity contribution is 7.89. The van der Waals surface area contributed by atoms with E-state index in [0.29, 0.717) is 22.6 Å². The van der Waals surface area contributed by atoms with E-state index in [9.17, 15) is 18.0 Å². The molecule has 0 saturated heterocycles. The summed E-state index contributed by atoms with van der Waals surface area (Å²) in [6.45, 7) is 4.63. The fourth-order valence-electron chi connectivity index (χ4n) is 2.26. The number of ether oxygens (including phenoxy) is 1. The number of hydrogen-bond donors (Lipinski definition) is 2. The molecule has 0 bridgehead atoms. The molecule has 0 aliphatic heterocycles. The van der Waals surface area contributed by atoms with Gasteiger partial charge in [0.1, 0.15) is 5.75 Å². The number of benzene rings is 2. The van der Waals surface area contributed by atoms with Gasteiger partial charge in [-0.15, -0.1) is 0 Å². The van der Waals surface area contributed by atoms with Crippen molar-refractivity contribution >= 4 is 27.4 Å². The number of nitrogens with two attached hydrogens (primary N) is 1. The van der Waals surface area contributed by atoms with Crippen molar-refractivity contribution in [3.63, 3.8) is 0 Å². The highest BCUT2D eigenvalue weighted by Crippen LogP contribution is 2.23. The average Bonchev–Trinajstić information content (AvgIpc) is 2.56. The van der Waals surface area contributed by atoms with E-state index in [0.717, 1.165) is 5.56 Å². The predicted octanol–water partition coefficient (Wildman–Crippen LogP) is 2.17. The smallest absolute Gasteiger partial charge is 0.262 e. The molecule has 0 fully saturated rings. The van der Waals surface area contributed by atoms with Gasteiger partial charge in [-0.05, 0) is 56.2 Å². The van der Waals surface area contributed by atoms with Crippen LogP contribution in [0.5, 0.6) is 5.75 Å². The molecule has 0 spiro atoms. The van der Waals surface area contributed by atoms with E-state index in [2.05, 4.69) is 5.32 Å². The second kappa shape index (κ2) is 7.67. The van der Waals surface area contributed by atoms with Crippen molar-refractivity contribution in [2.45, 2.75) is 25.7 Å². The zero-order valence-corrected chi connectivity index (χ0v) is 15.5. The van der Waals surface area contributed by atoms with Crippen molar-refractivity contribution in [1.29, 1.82) is 0 Å². The number of anilines is 1. The number of primary sulfonamides is 1. The number of sulfonamides is 1. The lowest BCUT2D eigenvalue weighted by Crippen LogP contribution is -2.21. The van der Waals surface area contributed by atoms with Gasteiger partial charge in [0.05, 0.1) is 4.90 Å². The average molecular weight is 376 g/mol. The van der Waals surface area contributed by atoms with Gasteiger partial charge in [0, 0.05) is 11.3 Å². The first-order chi connectivity index (χ1) is 12.1. The van der Waals surface area contributed by atoms with Crippen LogP contribution in [-0.2, 0) is 14.8 Å². The van der Waals surface area contributed by atoms with E-state index in [1.807, 2.05) is 0 Å². The summed E-state index contributed by atoms with van der Waals surface area (Å²) >= 11 is 0. The largest absolute Gasteiger partial charge is 0.484 e. The summed E-state index contributed by atoms with van der Waals surface area (Å²) in [5.74, 6) is -0.183. The van der Waals surface area contributed by atoms with Crippen LogP contribution in [0.2, 0.25) is 0 Å². The first kappa shape index (κ1) is 19.6. The Morgan fingerprint density at radius 1 is 1.15 bits per heavy atom. The van der Waals surface area contributed by atoms with E-state index in [1.54, 1.807) is 38.1 Å². The van der Waals surface area contributed by atoms with Crippen LogP contribution < -0.4 is 15.2 Å². The van der Waals surface area contributed by atoms with Gasteiger partial charge in [-0.1, -0.05) is 12.1 Å². The number of carbonyl (C=O) groups excluding carboxylic acids is 2. The van der Waals surface area contributed by atoms with Gasteiger partial charge < -0.3 is 10.1 Å². The molecule has 3 N–H and O–H groups in total. The van der Waals surface area contributed by atoms with Crippen LogP contribution in [0.3, 0.4) is 0 Å². The van der Waals surface area contributed by atoms with Crippen LogP contribution in [-0.4, -0.2) is 26.7 Å². The second-order valence-corrected chi connectivity index (χ2v) is 7.44. The molecule has 2 rings (SSSR count). The molecule has 1 amide bonds. The Balaban J connectivity index is 2.12. The Kier molecular flexibility index (Phi) is 5.79. The molecule has 0 heterocycles. The topological polar surface area (TPSA) is 116 Å². The number of ketones is 1. The highest BCUT2D eigenvalue weighted by Gasteiger charge is 2.14. The molecule has 8 heteroatoms. The van der Waals surface area contributed by atoms with E-state index in [1.165, 1.54) is 19.1 Å². The van der Waals surface area contributed by atoms with Crippen molar-refractivity contribution < 1.29 is 22.7 Å². The Bertz CT molecular complexity index is 968. The van der Waals surface area contributed by atoms with Gasteiger partial charge in [0.15, 0.2) is 12.4 Å². The molecule has 0 saturated carbocycles. The van der Waals surface area contributed by atoms with Gasteiger partial charge in [0.25, 0.3) is 5.91 Å². The molecular formula is C18H20N2O5S. The molecule has 0 radical (unpaired) electrons. The van der Waals surface area contributed by atoms with Crippen molar-refractivity contribution in [1.82, 2.24) is 0 Å². The molecule has 0 aromatic heterocycles. The Labute approximate surface area is 152 Å². The molecule has 7 nitrogen and oxygen atoms in total. The summed E-state index contributed by atoms with van der Waals surface area (Å²) in [7, 11) is -3.88. The van der Waals surface area contributed by atoms with Crippen LogP contribution in [0.25, 0.3) is 0 Å². The van der Waals surface area contributed by atoms with Crippen LogP contribution in [0, 0.1) is 13.8 Å². The predicted molar refractivity (Wildman–Crippen MR) is 97.9 cm³/mol. The van der Waals surface area contributed by atoms with Crippen molar-refractivity contribution in [2.24, 2.45) is 5.14 Å². The van der Waals surface area contributed by atoms with Gasteiger partial charge in [-0.2, -0.15) is 0 Å².